The molecule has 0 radical (unpaired) electrons. The highest BCUT2D eigenvalue weighted by atomic mass is 32.2. The van der Waals surface area contributed by atoms with Crippen molar-refractivity contribution in [3.8, 4) is 0 Å². The van der Waals surface area contributed by atoms with Crippen LogP contribution in [0.5, 0.6) is 0 Å². The van der Waals surface area contributed by atoms with Crippen LogP contribution < -0.4 is 4.72 Å². The SMILES string of the molecule is Cc1cc(C)c(C=CS(=O)(=O)Nc2ccc(C(=O)N3CCCCC3)cc2)c(C)c1. The molecular formula is C23H28N2O3S. The molecule has 2 aromatic rings. The number of piperidine rings is 1. The molecule has 6 heteroatoms. The fourth-order valence-electron chi connectivity index (χ4n) is 3.77. The quantitative estimate of drug-likeness (QED) is 0.777. The molecule has 0 aromatic heterocycles. The van der Waals surface area contributed by atoms with Gasteiger partial charge in [0.1, 0.15) is 0 Å². The standard InChI is InChI=1S/C23H28N2O3S/c1-17-15-18(2)22(19(3)16-17)11-14-29(27,28)24-21-9-7-20(8-10-21)23(26)25-12-5-4-6-13-25/h7-11,14-16,24H,4-6,12-13H2,1-3H3. The molecule has 1 fully saturated rings. The first kappa shape index (κ1) is 21.1. The van der Waals surface area contributed by atoms with E-state index in [-0.39, 0.29) is 5.91 Å². The van der Waals surface area contributed by atoms with Crippen molar-refractivity contribution < 1.29 is 13.2 Å². The van der Waals surface area contributed by atoms with Crippen LogP contribution in [0.15, 0.2) is 41.8 Å². The van der Waals surface area contributed by atoms with Gasteiger partial charge in [0.25, 0.3) is 15.9 Å². The number of sulfonamides is 1. The summed E-state index contributed by atoms with van der Waals surface area (Å²) in [6.07, 6.45) is 4.87. The van der Waals surface area contributed by atoms with E-state index in [0.717, 1.165) is 48.2 Å². The number of anilines is 1. The summed E-state index contributed by atoms with van der Waals surface area (Å²) < 4.78 is 27.5. The van der Waals surface area contributed by atoms with E-state index in [4.69, 9.17) is 0 Å². The number of carbonyl (C=O) groups excluding carboxylic acids is 1. The van der Waals surface area contributed by atoms with Crippen molar-refractivity contribution in [2.75, 3.05) is 17.8 Å². The molecule has 0 atom stereocenters. The Hall–Kier alpha value is -2.60. The van der Waals surface area contributed by atoms with Crippen LogP contribution in [0.4, 0.5) is 5.69 Å². The van der Waals surface area contributed by atoms with Crippen LogP contribution >= 0.6 is 0 Å². The van der Waals surface area contributed by atoms with Gasteiger partial charge in [-0.3, -0.25) is 9.52 Å². The number of hydrogen-bond acceptors (Lipinski definition) is 3. The molecule has 0 bridgehead atoms. The lowest BCUT2D eigenvalue weighted by atomic mass is 10.0. The van der Waals surface area contributed by atoms with E-state index < -0.39 is 10.0 Å². The second-order valence-electron chi connectivity index (χ2n) is 7.69. The Morgan fingerprint density at radius 1 is 0.966 bits per heavy atom. The third-order valence-corrected chi connectivity index (χ3v) is 6.20. The fourth-order valence-corrected chi connectivity index (χ4v) is 4.62. The maximum absolute atomic E-state index is 12.5. The van der Waals surface area contributed by atoms with Gasteiger partial charge < -0.3 is 4.90 Å². The van der Waals surface area contributed by atoms with Crippen molar-refractivity contribution in [2.24, 2.45) is 0 Å². The summed E-state index contributed by atoms with van der Waals surface area (Å²) in [4.78, 5) is 14.4. The van der Waals surface area contributed by atoms with Gasteiger partial charge in [0.05, 0.1) is 5.41 Å². The molecule has 29 heavy (non-hydrogen) atoms. The number of hydrogen-bond donors (Lipinski definition) is 1. The zero-order chi connectivity index (χ0) is 21.0. The minimum absolute atomic E-state index is 0.00400. The van der Waals surface area contributed by atoms with Gasteiger partial charge in [-0.1, -0.05) is 17.7 Å². The van der Waals surface area contributed by atoms with E-state index in [1.807, 2.05) is 37.8 Å². The molecular weight excluding hydrogens is 384 g/mol. The summed E-state index contributed by atoms with van der Waals surface area (Å²) in [5.74, 6) is 0.00400. The Kier molecular flexibility index (Phi) is 6.42. The van der Waals surface area contributed by atoms with Gasteiger partial charge in [0, 0.05) is 24.3 Å². The van der Waals surface area contributed by atoms with Crippen LogP contribution in [0.2, 0.25) is 0 Å². The third kappa shape index (κ3) is 5.48. The Morgan fingerprint density at radius 2 is 1.55 bits per heavy atom. The number of benzene rings is 2. The average Bonchev–Trinajstić information content (AvgIpc) is 2.67. The summed E-state index contributed by atoms with van der Waals surface area (Å²) in [5, 5.41) is 1.18. The van der Waals surface area contributed by atoms with E-state index in [9.17, 15) is 13.2 Å². The molecule has 1 amide bonds. The summed E-state index contributed by atoms with van der Waals surface area (Å²) >= 11 is 0. The molecule has 0 spiro atoms. The van der Waals surface area contributed by atoms with Crippen molar-refractivity contribution in [1.29, 1.82) is 0 Å². The number of amides is 1. The molecule has 2 aromatic carbocycles. The normalized spacial score (nSPS) is 14.9. The minimum atomic E-state index is -3.66. The molecule has 0 aliphatic carbocycles. The number of rotatable bonds is 5. The van der Waals surface area contributed by atoms with Gasteiger partial charge in [-0.05, 0) is 87.1 Å². The Morgan fingerprint density at radius 3 is 2.14 bits per heavy atom. The van der Waals surface area contributed by atoms with E-state index in [2.05, 4.69) is 4.72 Å². The summed E-state index contributed by atoms with van der Waals surface area (Å²) in [5.41, 5.74) is 5.14. The van der Waals surface area contributed by atoms with Gasteiger partial charge in [-0.15, -0.1) is 0 Å². The molecule has 1 heterocycles. The molecule has 1 aliphatic heterocycles. The predicted molar refractivity (Wildman–Crippen MR) is 118 cm³/mol. The maximum Gasteiger partial charge on any atom is 0.255 e. The van der Waals surface area contributed by atoms with Crippen LogP contribution in [0.3, 0.4) is 0 Å². The van der Waals surface area contributed by atoms with Crippen LogP contribution in [-0.2, 0) is 10.0 Å². The minimum Gasteiger partial charge on any atom is -0.339 e. The van der Waals surface area contributed by atoms with E-state index in [1.165, 1.54) is 11.8 Å². The van der Waals surface area contributed by atoms with Crippen LogP contribution in [0, 0.1) is 20.8 Å². The van der Waals surface area contributed by atoms with Crippen molar-refractivity contribution in [2.45, 2.75) is 40.0 Å². The van der Waals surface area contributed by atoms with Crippen molar-refractivity contribution in [3.05, 3.63) is 69.6 Å². The molecule has 0 unspecified atom stereocenters. The number of carbonyl (C=O) groups is 1. The van der Waals surface area contributed by atoms with Gasteiger partial charge in [0.15, 0.2) is 0 Å². The molecule has 1 saturated heterocycles. The van der Waals surface area contributed by atoms with E-state index >= 15 is 0 Å². The van der Waals surface area contributed by atoms with E-state index in [1.54, 1.807) is 30.3 Å². The van der Waals surface area contributed by atoms with Gasteiger partial charge >= 0.3 is 0 Å². The Labute approximate surface area is 173 Å². The highest BCUT2D eigenvalue weighted by molar-refractivity contribution is 7.95. The lowest BCUT2D eigenvalue weighted by Gasteiger charge is -2.26. The summed E-state index contributed by atoms with van der Waals surface area (Å²) in [7, 11) is -3.66. The van der Waals surface area contributed by atoms with Gasteiger partial charge in [-0.2, -0.15) is 0 Å². The fraction of sp³-hybridized carbons (Fsp3) is 0.348. The van der Waals surface area contributed by atoms with Crippen molar-refractivity contribution in [1.82, 2.24) is 4.90 Å². The number of nitrogens with zero attached hydrogens (tertiary/aromatic N) is 1. The highest BCUT2D eigenvalue weighted by Crippen LogP contribution is 2.20. The molecule has 5 nitrogen and oxygen atoms in total. The first-order valence-electron chi connectivity index (χ1n) is 9.93. The topological polar surface area (TPSA) is 66.5 Å². The van der Waals surface area contributed by atoms with Gasteiger partial charge in [0.2, 0.25) is 0 Å². The molecule has 1 aliphatic rings. The third-order valence-electron chi connectivity index (χ3n) is 5.19. The van der Waals surface area contributed by atoms with Gasteiger partial charge in [-0.25, -0.2) is 8.42 Å². The Bertz CT molecular complexity index is 996. The van der Waals surface area contributed by atoms with Crippen LogP contribution in [0.1, 0.15) is 51.9 Å². The maximum atomic E-state index is 12.5. The van der Waals surface area contributed by atoms with Crippen molar-refractivity contribution in [3.63, 3.8) is 0 Å². The summed E-state index contributed by atoms with van der Waals surface area (Å²) in [6.45, 7) is 7.53. The number of nitrogens with one attached hydrogen (secondary N) is 1. The van der Waals surface area contributed by atoms with Crippen LogP contribution in [0.25, 0.3) is 6.08 Å². The Balaban J connectivity index is 1.69. The monoisotopic (exact) mass is 412 g/mol. The first-order chi connectivity index (χ1) is 13.7. The number of aryl methyl sites for hydroxylation is 3. The van der Waals surface area contributed by atoms with E-state index in [0.29, 0.717) is 11.3 Å². The largest absolute Gasteiger partial charge is 0.339 e. The smallest absolute Gasteiger partial charge is 0.255 e. The zero-order valence-electron chi connectivity index (χ0n) is 17.2. The zero-order valence-corrected chi connectivity index (χ0v) is 18.1. The molecule has 3 rings (SSSR count). The first-order valence-corrected chi connectivity index (χ1v) is 11.5. The number of likely N-dealkylation sites (tertiary alicyclic amines) is 1. The second-order valence-corrected chi connectivity index (χ2v) is 9.26. The predicted octanol–water partition coefficient (Wildman–Crippen LogP) is 4.65. The molecule has 1 N–H and O–H groups in total. The van der Waals surface area contributed by atoms with Crippen LogP contribution in [-0.4, -0.2) is 32.3 Å². The molecule has 0 saturated carbocycles. The average molecular weight is 413 g/mol. The lowest BCUT2D eigenvalue weighted by Crippen LogP contribution is -2.35. The second kappa shape index (κ2) is 8.82. The summed E-state index contributed by atoms with van der Waals surface area (Å²) in [6, 6.07) is 10.7. The lowest BCUT2D eigenvalue weighted by molar-refractivity contribution is 0.0724. The molecule has 154 valence electrons. The highest BCUT2D eigenvalue weighted by Gasteiger charge is 2.18. The van der Waals surface area contributed by atoms with Crippen molar-refractivity contribution >= 4 is 27.7 Å².